The number of nitrogens with one attached hydrogen (secondary N) is 2. The molecule has 7 nitrogen and oxygen atoms in total. The predicted octanol–water partition coefficient (Wildman–Crippen LogP) is 5.75. The molecule has 38 heavy (non-hydrogen) atoms. The molecule has 0 aliphatic carbocycles. The Morgan fingerprint density at radius 2 is 1.37 bits per heavy atom. The van der Waals surface area contributed by atoms with Crippen LogP contribution in [0.25, 0.3) is 11.1 Å². The minimum atomic E-state index is -1.55. The molecule has 7 heteroatoms. The maximum Gasteiger partial charge on any atom is 0.408 e. The molecule has 0 radical (unpaired) electrons. The first-order valence-electron chi connectivity index (χ1n) is 12.9. The third-order valence-electron chi connectivity index (χ3n) is 6.02. The van der Waals surface area contributed by atoms with Crippen molar-refractivity contribution in [3.8, 4) is 16.9 Å². The van der Waals surface area contributed by atoms with Crippen LogP contribution in [0.4, 0.5) is 10.5 Å². The van der Waals surface area contributed by atoms with Crippen molar-refractivity contribution >= 4 is 17.7 Å². The van der Waals surface area contributed by atoms with Crippen molar-refractivity contribution in [2.75, 3.05) is 18.5 Å². The lowest BCUT2D eigenvalue weighted by molar-refractivity contribution is -0.123. The number of benzene rings is 3. The molecule has 3 aromatic rings. The molecular weight excluding hydrogens is 480 g/mol. The van der Waals surface area contributed by atoms with Crippen LogP contribution in [0.1, 0.15) is 45.7 Å². The lowest BCUT2D eigenvalue weighted by Gasteiger charge is -2.29. The quantitative estimate of drug-likeness (QED) is 0.317. The molecule has 3 aromatic carbocycles. The highest BCUT2D eigenvalue weighted by molar-refractivity contribution is 5.99. The molecule has 0 heterocycles. The van der Waals surface area contributed by atoms with Gasteiger partial charge in [0.05, 0.1) is 13.2 Å². The van der Waals surface area contributed by atoms with Crippen molar-refractivity contribution < 1.29 is 24.2 Å². The smallest absolute Gasteiger partial charge is 0.408 e. The van der Waals surface area contributed by atoms with Gasteiger partial charge in [-0.3, -0.25) is 4.79 Å². The third-order valence-corrected chi connectivity index (χ3v) is 6.02. The number of aliphatic hydroxyl groups excluding tert-OH is 1. The Morgan fingerprint density at radius 3 is 1.87 bits per heavy atom. The van der Waals surface area contributed by atoms with Gasteiger partial charge in [0.2, 0.25) is 0 Å². The first-order valence-corrected chi connectivity index (χ1v) is 12.9. The van der Waals surface area contributed by atoms with Crippen molar-refractivity contribution in [2.24, 2.45) is 0 Å². The second-order valence-corrected chi connectivity index (χ2v) is 10.4. The van der Waals surface area contributed by atoms with E-state index in [1.54, 1.807) is 45.0 Å². The van der Waals surface area contributed by atoms with Gasteiger partial charge in [0, 0.05) is 12.1 Å². The highest BCUT2D eigenvalue weighted by Gasteiger charge is 2.36. The first kappa shape index (κ1) is 28.7. The van der Waals surface area contributed by atoms with Gasteiger partial charge < -0.3 is 25.2 Å². The zero-order chi connectivity index (χ0) is 27.8. The molecule has 0 aromatic heterocycles. The third kappa shape index (κ3) is 8.35. The van der Waals surface area contributed by atoms with Crippen LogP contribution in [0.3, 0.4) is 0 Å². The summed E-state index contributed by atoms with van der Waals surface area (Å²) < 4.78 is 11.1. The molecule has 202 valence electrons. The second kappa shape index (κ2) is 12.6. The maximum absolute atomic E-state index is 12.8. The van der Waals surface area contributed by atoms with Gasteiger partial charge in [-0.25, -0.2) is 4.79 Å². The van der Waals surface area contributed by atoms with E-state index in [4.69, 9.17) is 9.47 Å². The van der Waals surface area contributed by atoms with Crippen LogP contribution in [0.2, 0.25) is 0 Å². The Morgan fingerprint density at radius 1 is 0.816 bits per heavy atom. The van der Waals surface area contributed by atoms with Crippen molar-refractivity contribution in [1.29, 1.82) is 0 Å². The lowest BCUT2D eigenvalue weighted by Crippen LogP contribution is -2.58. The van der Waals surface area contributed by atoms with E-state index in [0.29, 0.717) is 18.0 Å². The molecule has 3 N–H and O–H groups in total. The number of amides is 2. The number of carbonyl (C=O) groups excluding carboxylic acids is 2. The van der Waals surface area contributed by atoms with Gasteiger partial charge in [0.1, 0.15) is 16.9 Å². The molecular formula is C31H38N2O5. The van der Waals surface area contributed by atoms with Gasteiger partial charge in [-0.05, 0) is 80.6 Å². The summed E-state index contributed by atoms with van der Waals surface area (Å²) in [5.74, 6) is 0.108. The van der Waals surface area contributed by atoms with Crippen LogP contribution < -0.4 is 15.4 Å². The predicted molar refractivity (Wildman–Crippen MR) is 150 cm³/mol. The van der Waals surface area contributed by atoms with Gasteiger partial charge in [0.25, 0.3) is 5.91 Å². The molecule has 2 amide bonds. The largest absolute Gasteiger partial charge is 0.493 e. The van der Waals surface area contributed by atoms with Crippen LogP contribution in [-0.2, 0) is 22.4 Å². The van der Waals surface area contributed by atoms with Gasteiger partial charge >= 0.3 is 6.09 Å². The standard InChI is InChI=1S/C31H38N2O5/c1-6-22-7-11-24(12-8-22)25-13-9-23(10-14-25)19-20-37-27-17-15-26(16-18-27)32-28(35)31(5,21-34)33-29(36)38-30(2,3)4/h7-18,34H,6,19-21H2,1-5H3,(H,32,35)(H,33,36)/t31-/m0/s1. The summed E-state index contributed by atoms with van der Waals surface area (Å²) in [4.78, 5) is 24.9. The average Bonchev–Trinajstić information content (AvgIpc) is 2.89. The Balaban J connectivity index is 1.49. The van der Waals surface area contributed by atoms with E-state index in [-0.39, 0.29) is 0 Å². The number of ether oxygens (including phenoxy) is 2. The van der Waals surface area contributed by atoms with Crippen LogP contribution in [0.5, 0.6) is 5.75 Å². The molecule has 0 aliphatic heterocycles. The monoisotopic (exact) mass is 518 g/mol. The minimum absolute atomic E-state index is 0.510. The van der Waals surface area contributed by atoms with Crippen molar-refractivity contribution in [3.05, 3.63) is 83.9 Å². The molecule has 0 spiro atoms. The first-order chi connectivity index (χ1) is 18.0. The number of anilines is 1. The second-order valence-electron chi connectivity index (χ2n) is 10.4. The van der Waals surface area contributed by atoms with Crippen LogP contribution >= 0.6 is 0 Å². The summed E-state index contributed by atoms with van der Waals surface area (Å²) in [6.07, 6.45) is 1.01. The molecule has 0 unspecified atom stereocenters. The summed E-state index contributed by atoms with van der Waals surface area (Å²) in [5.41, 5.74) is 3.14. The Hall–Kier alpha value is -3.84. The number of carbonyl (C=O) groups is 2. The van der Waals surface area contributed by atoms with E-state index >= 15 is 0 Å². The number of hydrogen-bond acceptors (Lipinski definition) is 5. The average molecular weight is 519 g/mol. The minimum Gasteiger partial charge on any atom is -0.493 e. The molecule has 0 fully saturated rings. The SMILES string of the molecule is CCc1ccc(-c2ccc(CCOc3ccc(NC(=O)[C@](C)(CO)NC(=O)OC(C)(C)C)cc3)cc2)cc1. The van der Waals surface area contributed by atoms with Crippen molar-refractivity contribution in [2.45, 2.75) is 58.6 Å². The molecule has 1 atom stereocenters. The van der Waals surface area contributed by atoms with E-state index < -0.39 is 29.7 Å². The van der Waals surface area contributed by atoms with Crippen LogP contribution in [0, 0.1) is 0 Å². The molecule has 0 saturated heterocycles. The summed E-state index contributed by atoms with van der Waals surface area (Å²) in [6.45, 7) is 8.66. The fourth-order valence-electron chi connectivity index (χ4n) is 3.68. The number of aryl methyl sites for hydroxylation is 1. The summed E-state index contributed by atoms with van der Waals surface area (Å²) in [5, 5.41) is 14.9. The molecule has 0 bridgehead atoms. The van der Waals surface area contributed by atoms with Crippen LogP contribution in [-0.4, -0.2) is 41.5 Å². The fraction of sp³-hybridized carbons (Fsp3) is 0.355. The Bertz CT molecular complexity index is 1200. The number of alkyl carbamates (subject to hydrolysis) is 1. The molecule has 0 aliphatic rings. The van der Waals surface area contributed by atoms with E-state index in [9.17, 15) is 14.7 Å². The topological polar surface area (TPSA) is 96.9 Å². The lowest BCUT2D eigenvalue weighted by atomic mass is 10.0. The number of hydrogen-bond donors (Lipinski definition) is 3. The van der Waals surface area contributed by atoms with Crippen molar-refractivity contribution in [1.82, 2.24) is 5.32 Å². The fourth-order valence-corrected chi connectivity index (χ4v) is 3.68. The van der Waals surface area contributed by atoms with Crippen molar-refractivity contribution in [3.63, 3.8) is 0 Å². The van der Waals surface area contributed by atoms with Gasteiger partial charge in [-0.15, -0.1) is 0 Å². The van der Waals surface area contributed by atoms with E-state index in [2.05, 4.69) is 66.1 Å². The number of rotatable bonds is 10. The van der Waals surface area contributed by atoms with E-state index in [1.807, 2.05) is 0 Å². The Kier molecular flexibility index (Phi) is 9.53. The van der Waals surface area contributed by atoms with Gasteiger partial charge in [0.15, 0.2) is 0 Å². The highest BCUT2D eigenvalue weighted by atomic mass is 16.6. The van der Waals surface area contributed by atoms with Gasteiger partial charge in [-0.1, -0.05) is 55.5 Å². The van der Waals surface area contributed by atoms with E-state index in [1.165, 1.54) is 29.2 Å². The van der Waals surface area contributed by atoms with Gasteiger partial charge in [-0.2, -0.15) is 0 Å². The number of aliphatic hydroxyl groups is 1. The maximum atomic E-state index is 12.8. The Labute approximate surface area is 225 Å². The van der Waals surface area contributed by atoms with E-state index in [0.717, 1.165) is 12.8 Å². The normalized spacial score (nSPS) is 12.8. The summed E-state index contributed by atoms with van der Waals surface area (Å²) >= 11 is 0. The van der Waals surface area contributed by atoms with Crippen LogP contribution in [0.15, 0.2) is 72.8 Å². The summed E-state index contributed by atoms with van der Waals surface area (Å²) in [6, 6.07) is 24.1. The summed E-state index contributed by atoms with van der Waals surface area (Å²) in [7, 11) is 0. The highest BCUT2D eigenvalue weighted by Crippen LogP contribution is 2.22. The zero-order valence-corrected chi connectivity index (χ0v) is 22.8. The molecule has 0 saturated carbocycles. The zero-order valence-electron chi connectivity index (χ0n) is 22.8. The molecule has 3 rings (SSSR count).